The molecule has 0 aromatic carbocycles. The topological polar surface area (TPSA) is 12.5 Å². The van der Waals surface area contributed by atoms with Crippen LogP contribution < -0.4 is 0 Å². The van der Waals surface area contributed by atoms with E-state index in [2.05, 4.69) is 10.8 Å². The Morgan fingerprint density at radius 2 is 2.10 bits per heavy atom. The maximum absolute atomic E-state index is 5.25. The number of hydrogen-bond donors (Lipinski definition) is 0. The van der Waals surface area contributed by atoms with Crippen LogP contribution in [0.3, 0.4) is 0 Å². The number of terminal acetylenes is 1. The van der Waals surface area contributed by atoms with Gasteiger partial charge in [-0.2, -0.15) is 0 Å². The first-order valence-corrected chi connectivity index (χ1v) is 3.68. The lowest BCUT2D eigenvalue weighted by Gasteiger charge is -2.45. The van der Waals surface area contributed by atoms with E-state index >= 15 is 0 Å². The molecule has 2 aliphatic heterocycles. The van der Waals surface area contributed by atoms with Crippen LogP contribution in [0.25, 0.3) is 0 Å². The summed E-state index contributed by atoms with van der Waals surface area (Å²) >= 11 is 0. The summed E-state index contributed by atoms with van der Waals surface area (Å²) in [5.41, 5.74) is 0. The second-order valence-corrected chi connectivity index (χ2v) is 3.01. The van der Waals surface area contributed by atoms with Crippen LogP contribution in [0.4, 0.5) is 0 Å². The fourth-order valence-corrected chi connectivity index (χ4v) is 1.35. The third-order valence-electron chi connectivity index (χ3n) is 2.28. The van der Waals surface area contributed by atoms with Gasteiger partial charge in [0.25, 0.3) is 0 Å². The van der Waals surface area contributed by atoms with E-state index in [0.717, 1.165) is 26.3 Å². The highest BCUT2D eigenvalue weighted by Crippen LogP contribution is 2.21. The summed E-state index contributed by atoms with van der Waals surface area (Å²) in [7, 11) is 0. The summed E-state index contributed by atoms with van der Waals surface area (Å²) in [5, 5.41) is 0. The highest BCUT2D eigenvalue weighted by atomic mass is 16.5. The molecule has 0 N–H and O–H groups in total. The minimum atomic E-state index is 0.514. The normalized spacial score (nSPS) is 28.7. The second-order valence-electron chi connectivity index (χ2n) is 3.01. The first-order chi connectivity index (χ1) is 4.90. The fourth-order valence-electron chi connectivity index (χ4n) is 1.35. The Morgan fingerprint density at radius 3 is 2.50 bits per heavy atom. The maximum atomic E-state index is 5.25. The number of likely N-dealkylation sites (tertiary alicyclic amines) is 1. The molecular formula is C8H11NO. The minimum absolute atomic E-state index is 0.514. The summed E-state index contributed by atoms with van der Waals surface area (Å²) in [5.74, 6) is 3.27. The van der Waals surface area contributed by atoms with Crippen LogP contribution in [0.5, 0.6) is 0 Å². The summed E-state index contributed by atoms with van der Waals surface area (Å²) in [6.07, 6.45) is 5.25. The molecule has 2 saturated heterocycles. The van der Waals surface area contributed by atoms with Crippen LogP contribution in [-0.2, 0) is 4.74 Å². The molecule has 2 heteroatoms. The van der Waals surface area contributed by atoms with E-state index < -0.39 is 0 Å². The molecule has 0 unspecified atom stereocenters. The Hall–Kier alpha value is -0.520. The van der Waals surface area contributed by atoms with Gasteiger partial charge in [-0.3, -0.25) is 4.90 Å². The highest BCUT2D eigenvalue weighted by Gasteiger charge is 2.34. The van der Waals surface area contributed by atoms with Crippen molar-refractivity contribution in [3.8, 4) is 12.3 Å². The van der Waals surface area contributed by atoms with Crippen molar-refractivity contribution in [2.45, 2.75) is 6.04 Å². The van der Waals surface area contributed by atoms with Gasteiger partial charge in [0.05, 0.1) is 19.3 Å². The molecule has 0 aromatic rings. The SMILES string of the molecule is C#CC1CN(C2COC2)C1. The van der Waals surface area contributed by atoms with Crippen LogP contribution in [-0.4, -0.2) is 37.2 Å². The Kier molecular flexibility index (Phi) is 1.40. The van der Waals surface area contributed by atoms with E-state index in [1.54, 1.807) is 0 Å². The molecule has 0 amide bonds. The highest BCUT2D eigenvalue weighted by molar-refractivity contribution is 5.03. The number of ether oxygens (including phenoxy) is 1. The van der Waals surface area contributed by atoms with Gasteiger partial charge in [-0.15, -0.1) is 12.3 Å². The van der Waals surface area contributed by atoms with Crippen molar-refractivity contribution in [2.24, 2.45) is 5.92 Å². The number of hydrogen-bond acceptors (Lipinski definition) is 2. The second kappa shape index (κ2) is 2.26. The van der Waals surface area contributed by atoms with Gasteiger partial charge in [0, 0.05) is 19.0 Å². The van der Waals surface area contributed by atoms with Crippen LogP contribution in [0, 0.1) is 18.3 Å². The lowest BCUT2D eigenvalue weighted by molar-refractivity contribution is -0.0936. The first kappa shape index (κ1) is 6.21. The largest absolute Gasteiger partial charge is 0.378 e. The molecule has 2 rings (SSSR count). The molecule has 0 bridgehead atoms. The van der Waals surface area contributed by atoms with Gasteiger partial charge in [-0.1, -0.05) is 0 Å². The van der Waals surface area contributed by atoms with Crippen LogP contribution in [0.2, 0.25) is 0 Å². The van der Waals surface area contributed by atoms with Gasteiger partial charge < -0.3 is 4.74 Å². The summed E-state index contributed by atoms with van der Waals surface area (Å²) in [4.78, 5) is 2.40. The predicted molar refractivity (Wildman–Crippen MR) is 38.5 cm³/mol. The third kappa shape index (κ3) is 0.828. The molecule has 10 heavy (non-hydrogen) atoms. The standard InChI is InChI=1S/C8H11NO/c1-2-7-3-9(4-7)8-5-10-6-8/h1,7-8H,3-6H2. The molecule has 0 aliphatic carbocycles. The number of nitrogens with zero attached hydrogens (tertiary/aromatic N) is 1. The molecule has 0 spiro atoms. The minimum Gasteiger partial charge on any atom is -0.378 e. The molecule has 0 aromatic heterocycles. The van der Waals surface area contributed by atoms with Gasteiger partial charge in [0.1, 0.15) is 0 Å². The van der Waals surface area contributed by atoms with Crippen molar-refractivity contribution < 1.29 is 4.74 Å². The lowest BCUT2D eigenvalue weighted by atomic mass is 9.98. The number of rotatable bonds is 1. The van der Waals surface area contributed by atoms with Crippen molar-refractivity contribution in [1.29, 1.82) is 0 Å². The van der Waals surface area contributed by atoms with Gasteiger partial charge >= 0.3 is 0 Å². The Labute approximate surface area is 61.2 Å². The monoisotopic (exact) mass is 137 g/mol. The quantitative estimate of drug-likeness (QED) is 0.470. The average molecular weight is 137 g/mol. The molecule has 0 saturated carbocycles. The Morgan fingerprint density at radius 1 is 1.40 bits per heavy atom. The molecule has 0 radical (unpaired) electrons. The third-order valence-corrected chi connectivity index (χ3v) is 2.28. The molecule has 0 atom stereocenters. The van der Waals surface area contributed by atoms with Crippen molar-refractivity contribution in [3.05, 3.63) is 0 Å². The van der Waals surface area contributed by atoms with Crippen molar-refractivity contribution in [1.82, 2.24) is 4.90 Å². The van der Waals surface area contributed by atoms with Gasteiger partial charge in [0.15, 0.2) is 0 Å². The molecule has 2 nitrogen and oxygen atoms in total. The van der Waals surface area contributed by atoms with E-state index in [-0.39, 0.29) is 0 Å². The zero-order valence-corrected chi connectivity index (χ0v) is 5.92. The van der Waals surface area contributed by atoms with E-state index in [9.17, 15) is 0 Å². The van der Waals surface area contributed by atoms with Gasteiger partial charge in [-0.25, -0.2) is 0 Å². The molecule has 2 heterocycles. The Bertz CT molecular complexity index is 163. The van der Waals surface area contributed by atoms with Crippen LogP contribution in [0.15, 0.2) is 0 Å². The first-order valence-electron chi connectivity index (χ1n) is 3.68. The van der Waals surface area contributed by atoms with E-state index in [1.807, 2.05) is 0 Å². The van der Waals surface area contributed by atoms with Crippen LogP contribution >= 0.6 is 0 Å². The molecule has 2 aliphatic rings. The molecule has 54 valence electrons. The van der Waals surface area contributed by atoms with Crippen molar-refractivity contribution in [3.63, 3.8) is 0 Å². The summed E-state index contributed by atoms with van der Waals surface area (Å²) in [6, 6.07) is 0.685. The van der Waals surface area contributed by atoms with E-state index in [0.29, 0.717) is 12.0 Å². The summed E-state index contributed by atoms with van der Waals surface area (Å²) in [6.45, 7) is 4.00. The van der Waals surface area contributed by atoms with Crippen molar-refractivity contribution >= 4 is 0 Å². The maximum Gasteiger partial charge on any atom is 0.0645 e. The van der Waals surface area contributed by atoms with E-state index in [1.165, 1.54) is 0 Å². The Balaban J connectivity index is 1.75. The zero-order valence-electron chi connectivity index (χ0n) is 5.92. The van der Waals surface area contributed by atoms with Crippen molar-refractivity contribution in [2.75, 3.05) is 26.3 Å². The van der Waals surface area contributed by atoms with E-state index in [4.69, 9.17) is 11.2 Å². The smallest absolute Gasteiger partial charge is 0.0645 e. The average Bonchev–Trinajstić information content (AvgIpc) is 1.72. The molecular weight excluding hydrogens is 126 g/mol. The molecule has 2 fully saturated rings. The lowest BCUT2D eigenvalue weighted by Crippen LogP contribution is -2.58. The van der Waals surface area contributed by atoms with Crippen LogP contribution in [0.1, 0.15) is 0 Å². The van der Waals surface area contributed by atoms with Gasteiger partial charge in [-0.05, 0) is 0 Å². The zero-order chi connectivity index (χ0) is 6.97. The van der Waals surface area contributed by atoms with Gasteiger partial charge in [0.2, 0.25) is 0 Å². The predicted octanol–water partition coefficient (Wildman–Crippen LogP) is -0.0498. The fraction of sp³-hybridized carbons (Fsp3) is 0.750. The summed E-state index contributed by atoms with van der Waals surface area (Å²) < 4.78 is 5.07.